The topological polar surface area (TPSA) is 27.7 Å². The van der Waals surface area contributed by atoms with Gasteiger partial charge in [-0.3, -0.25) is 0 Å². The van der Waals surface area contributed by atoms with Crippen LogP contribution in [0.5, 0.6) is 0 Å². The third-order valence-corrected chi connectivity index (χ3v) is 3.20. The summed E-state index contributed by atoms with van der Waals surface area (Å²) in [6.45, 7) is 6.14. The lowest BCUT2D eigenvalue weighted by Gasteiger charge is -2.17. The molecule has 0 aromatic carbocycles. The average Bonchev–Trinajstić information content (AvgIpc) is 2.76. The Morgan fingerprint density at radius 2 is 1.93 bits per heavy atom. The standard InChI is InChI=1S/C12H22O3/c1-12(2)14-9-11(15-12)8-13-7-10-5-3-4-6-10/h10-11H,3-9H2,1-2H3. The van der Waals surface area contributed by atoms with Gasteiger partial charge in [-0.1, -0.05) is 12.8 Å². The summed E-state index contributed by atoms with van der Waals surface area (Å²) in [7, 11) is 0. The molecule has 2 fully saturated rings. The molecule has 1 saturated heterocycles. The number of ether oxygens (including phenoxy) is 3. The van der Waals surface area contributed by atoms with Crippen LogP contribution in [0.25, 0.3) is 0 Å². The minimum atomic E-state index is -0.415. The summed E-state index contributed by atoms with van der Waals surface area (Å²) < 4.78 is 16.8. The molecule has 0 aromatic rings. The highest BCUT2D eigenvalue weighted by molar-refractivity contribution is 4.71. The van der Waals surface area contributed by atoms with Gasteiger partial charge in [0.15, 0.2) is 5.79 Å². The summed E-state index contributed by atoms with van der Waals surface area (Å²) in [6, 6.07) is 0. The summed E-state index contributed by atoms with van der Waals surface area (Å²) >= 11 is 0. The molecule has 2 aliphatic rings. The van der Waals surface area contributed by atoms with Crippen molar-refractivity contribution in [2.45, 2.75) is 51.4 Å². The Morgan fingerprint density at radius 1 is 1.20 bits per heavy atom. The lowest BCUT2D eigenvalue weighted by Crippen LogP contribution is -2.24. The summed E-state index contributed by atoms with van der Waals surface area (Å²) in [4.78, 5) is 0. The first kappa shape index (κ1) is 11.4. The fourth-order valence-corrected chi connectivity index (χ4v) is 2.39. The third kappa shape index (κ3) is 3.44. The predicted molar refractivity (Wildman–Crippen MR) is 57.7 cm³/mol. The van der Waals surface area contributed by atoms with Gasteiger partial charge >= 0.3 is 0 Å². The highest BCUT2D eigenvalue weighted by Crippen LogP contribution is 2.26. The summed E-state index contributed by atoms with van der Waals surface area (Å²) in [5.74, 6) is 0.377. The van der Waals surface area contributed by atoms with Crippen LogP contribution < -0.4 is 0 Å². The van der Waals surface area contributed by atoms with Gasteiger partial charge in [0.2, 0.25) is 0 Å². The zero-order valence-electron chi connectivity index (χ0n) is 9.83. The summed E-state index contributed by atoms with van der Waals surface area (Å²) in [5.41, 5.74) is 0. The van der Waals surface area contributed by atoms with Gasteiger partial charge in [-0.05, 0) is 32.6 Å². The van der Waals surface area contributed by atoms with Crippen molar-refractivity contribution >= 4 is 0 Å². The quantitative estimate of drug-likeness (QED) is 0.719. The Hall–Kier alpha value is -0.120. The van der Waals surface area contributed by atoms with Crippen molar-refractivity contribution in [2.24, 2.45) is 5.92 Å². The van der Waals surface area contributed by atoms with Crippen LogP contribution >= 0.6 is 0 Å². The Bertz CT molecular complexity index is 197. The molecule has 1 saturated carbocycles. The summed E-state index contributed by atoms with van der Waals surface area (Å²) in [6.07, 6.45) is 5.57. The van der Waals surface area contributed by atoms with E-state index >= 15 is 0 Å². The fraction of sp³-hybridized carbons (Fsp3) is 1.00. The molecule has 1 unspecified atom stereocenters. The zero-order valence-corrected chi connectivity index (χ0v) is 9.83. The van der Waals surface area contributed by atoms with Gasteiger partial charge in [-0.2, -0.15) is 0 Å². The highest BCUT2D eigenvalue weighted by atomic mass is 16.7. The van der Waals surface area contributed by atoms with Crippen molar-refractivity contribution < 1.29 is 14.2 Å². The minimum absolute atomic E-state index is 0.126. The van der Waals surface area contributed by atoms with Gasteiger partial charge in [0, 0.05) is 6.61 Å². The van der Waals surface area contributed by atoms with Gasteiger partial charge in [0.05, 0.1) is 13.2 Å². The van der Waals surface area contributed by atoms with E-state index in [1.54, 1.807) is 0 Å². The average molecular weight is 214 g/mol. The number of rotatable bonds is 4. The Morgan fingerprint density at radius 3 is 2.53 bits per heavy atom. The van der Waals surface area contributed by atoms with E-state index in [2.05, 4.69) is 0 Å². The molecule has 1 atom stereocenters. The molecule has 3 heteroatoms. The first-order chi connectivity index (χ1) is 7.16. The molecular formula is C12H22O3. The van der Waals surface area contributed by atoms with Gasteiger partial charge in [-0.15, -0.1) is 0 Å². The Balaban J connectivity index is 1.58. The maximum atomic E-state index is 5.69. The molecule has 1 heterocycles. The van der Waals surface area contributed by atoms with E-state index < -0.39 is 5.79 Å². The van der Waals surface area contributed by atoms with Gasteiger partial charge in [0.1, 0.15) is 6.10 Å². The molecule has 0 bridgehead atoms. The van der Waals surface area contributed by atoms with Crippen molar-refractivity contribution in [2.75, 3.05) is 19.8 Å². The molecule has 0 N–H and O–H groups in total. The van der Waals surface area contributed by atoms with Crippen LogP contribution in [0.4, 0.5) is 0 Å². The van der Waals surface area contributed by atoms with Crippen molar-refractivity contribution in [3.05, 3.63) is 0 Å². The van der Waals surface area contributed by atoms with Crippen LogP contribution in [0.3, 0.4) is 0 Å². The smallest absolute Gasteiger partial charge is 0.163 e. The molecular weight excluding hydrogens is 192 g/mol. The van der Waals surface area contributed by atoms with Crippen molar-refractivity contribution in [1.82, 2.24) is 0 Å². The largest absolute Gasteiger partial charge is 0.378 e. The normalized spacial score (nSPS) is 31.2. The Labute approximate surface area is 92.1 Å². The monoisotopic (exact) mass is 214 g/mol. The molecule has 0 aromatic heterocycles. The second kappa shape index (κ2) is 4.81. The lowest BCUT2D eigenvalue weighted by atomic mass is 10.1. The van der Waals surface area contributed by atoms with Crippen LogP contribution in [-0.2, 0) is 14.2 Å². The van der Waals surface area contributed by atoms with E-state index in [0.29, 0.717) is 13.2 Å². The highest BCUT2D eigenvalue weighted by Gasteiger charge is 2.32. The van der Waals surface area contributed by atoms with Gasteiger partial charge < -0.3 is 14.2 Å². The van der Waals surface area contributed by atoms with E-state index in [1.165, 1.54) is 25.7 Å². The fourth-order valence-electron chi connectivity index (χ4n) is 2.39. The maximum absolute atomic E-state index is 5.69. The van der Waals surface area contributed by atoms with Crippen molar-refractivity contribution in [1.29, 1.82) is 0 Å². The lowest BCUT2D eigenvalue weighted by molar-refractivity contribution is -0.145. The first-order valence-electron chi connectivity index (χ1n) is 6.05. The molecule has 0 spiro atoms. The summed E-state index contributed by atoms with van der Waals surface area (Å²) in [5, 5.41) is 0. The second-order valence-electron chi connectivity index (χ2n) is 5.14. The van der Waals surface area contributed by atoms with Gasteiger partial charge in [0.25, 0.3) is 0 Å². The first-order valence-corrected chi connectivity index (χ1v) is 6.05. The molecule has 1 aliphatic carbocycles. The minimum Gasteiger partial charge on any atom is -0.378 e. The van der Waals surface area contributed by atoms with Crippen molar-refractivity contribution in [3.63, 3.8) is 0 Å². The van der Waals surface area contributed by atoms with E-state index in [4.69, 9.17) is 14.2 Å². The molecule has 88 valence electrons. The molecule has 15 heavy (non-hydrogen) atoms. The van der Waals surface area contributed by atoms with Crippen LogP contribution in [0, 0.1) is 5.92 Å². The van der Waals surface area contributed by atoms with E-state index in [1.807, 2.05) is 13.8 Å². The van der Waals surface area contributed by atoms with Crippen LogP contribution in [0.15, 0.2) is 0 Å². The zero-order chi connectivity index (χ0) is 10.7. The van der Waals surface area contributed by atoms with Crippen LogP contribution in [0.2, 0.25) is 0 Å². The number of hydrogen-bond donors (Lipinski definition) is 0. The van der Waals surface area contributed by atoms with Crippen LogP contribution in [-0.4, -0.2) is 31.7 Å². The number of hydrogen-bond acceptors (Lipinski definition) is 3. The van der Waals surface area contributed by atoms with E-state index in [9.17, 15) is 0 Å². The molecule has 1 aliphatic heterocycles. The molecule has 0 amide bonds. The van der Waals surface area contributed by atoms with Gasteiger partial charge in [-0.25, -0.2) is 0 Å². The maximum Gasteiger partial charge on any atom is 0.163 e. The SMILES string of the molecule is CC1(C)OCC(COCC2CCCC2)O1. The van der Waals surface area contributed by atoms with E-state index in [0.717, 1.165) is 12.5 Å². The third-order valence-electron chi connectivity index (χ3n) is 3.20. The molecule has 0 radical (unpaired) electrons. The molecule has 2 rings (SSSR count). The second-order valence-corrected chi connectivity index (χ2v) is 5.14. The molecule has 3 nitrogen and oxygen atoms in total. The Kier molecular flexibility index (Phi) is 3.65. The predicted octanol–water partition coefficient (Wildman–Crippen LogP) is 2.34. The van der Waals surface area contributed by atoms with Crippen molar-refractivity contribution in [3.8, 4) is 0 Å². The van der Waals surface area contributed by atoms with Crippen LogP contribution in [0.1, 0.15) is 39.5 Å². The van der Waals surface area contributed by atoms with E-state index in [-0.39, 0.29) is 6.10 Å².